The number of carbonyl (C=O) groups is 1. The lowest BCUT2D eigenvalue weighted by Crippen LogP contribution is -2.63. The maximum Gasteiger partial charge on any atom is 0.187 e. The van der Waals surface area contributed by atoms with Crippen LogP contribution in [0.15, 0.2) is 11.1 Å². The van der Waals surface area contributed by atoms with Crippen LogP contribution in [0.2, 0.25) is 0 Å². The van der Waals surface area contributed by atoms with Crippen molar-refractivity contribution in [2.24, 2.45) is 11.8 Å². The Bertz CT molecular complexity index is 697. The fourth-order valence-corrected chi connectivity index (χ4v) is 5.06. The molecule has 9 heteroatoms. The van der Waals surface area contributed by atoms with Crippen LogP contribution < -0.4 is 0 Å². The van der Waals surface area contributed by atoms with Gasteiger partial charge in [-0.05, 0) is 45.1 Å². The Hall–Kier alpha value is -0.910. The number of Topliss-reactive ketones (excluding diaryl/α,β-unsaturated/α-hetero) is 1. The Labute approximate surface area is 175 Å². The topological polar surface area (TPSA) is 157 Å². The number of aliphatic hydroxyl groups excluding tert-OH is 4. The summed E-state index contributed by atoms with van der Waals surface area (Å²) in [4.78, 5) is 12.5. The van der Waals surface area contributed by atoms with Gasteiger partial charge in [0.05, 0.1) is 18.3 Å². The van der Waals surface area contributed by atoms with E-state index in [0.29, 0.717) is 12.0 Å². The zero-order valence-corrected chi connectivity index (χ0v) is 17.9. The molecule has 30 heavy (non-hydrogen) atoms. The molecule has 1 saturated heterocycles. The van der Waals surface area contributed by atoms with Gasteiger partial charge in [-0.3, -0.25) is 4.79 Å². The molecule has 9 nitrogen and oxygen atoms in total. The maximum atomic E-state index is 12.5. The number of hydrogen-bond acceptors (Lipinski definition) is 9. The van der Waals surface area contributed by atoms with E-state index in [1.807, 2.05) is 6.92 Å². The average molecular weight is 430 g/mol. The number of allylic oxidation sites excluding steroid dienone is 1. The second-order valence-corrected chi connectivity index (χ2v) is 9.47. The zero-order valence-electron chi connectivity index (χ0n) is 17.9. The van der Waals surface area contributed by atoms with Gasteiger partial charge in [-0.1, -0.05) is 12.5 Å². The van der Waals surface area contributed by atoms with Gasteiger partial charge in [0.15, 0.2) is 12.1 Å². The highest BCUT2D eigenvalue weighted by Crippen LogP contribution is 2.49. The van der Waals surface area contributed by atoms with Gasteiger partial charge in [0, 0.05) is 12.3 Å². The number of ketones is 1. The maximum absolute atomic E-state index is 12.5. The molecule has 1 aliphatic heterocycles. The molecule has 2 fully saturated rings. The predicted molar refractivity (Wildman–Crippen MR) is 104 cm³/mol. The van der Waals surface area contributed by atoms with Crippen LogP contribution in [0.1, 0.15) is 47.0 Å². The molecule has 0 aromatic heterocycles. The first-order valence-corrected chi connectivity index (χ1v) is 10.5. The zero-order chi connectivity index (χ0) is 22.6. The van der Waals surface area contributed by atoms with E-state index in [9.17, 15) is 35.4 Å². The average Bonchev–Trinajstić information content (AvgIpc) is 2.81. The molecule has 9 atom stereocenters. The molecule has 0 aromatic rings. The Morgan fingerprint density at radius 2 is 1.80 bits per heavy atom. The highest BCUT2D eigenvalue weighted by Gasteiger charge is 2.56. The Morgan fingerprint density at radius 3 is 2.37 bits per heavy atom. The van der Waals surface area contributed by atoms with Crippen molar-refractivity contribution in [3.63, 3.8) is 0 Å². The van der Waals surface area contributed by atoms with E-state index in [0.717, 1.165) is 5.57 Å². The first-order valence-electron chi connectivity index (χ1n) is 10.5. The van der Waals surface area contributed by atoms with E-state index in [4.69, 9.17) is 9.47 Å². The van der Waals surface area contributed by atoms with Crippen LogP contribution in [0, 0.1) is 11.8 Å². The molecular weight excluding hydrogens is 396 g/mol. The van der Waals surface area contributed by atoms with Gasteiger partial charge >= 0.3 is 0 Å². The van der Waals surface area contributed by atoms with Gasteiger partial charge < -0.3 is 40.1 Å². The van der Waals surface area contributed by atoms with Gasteiger partial charge in [-0.25, -0.2) is 0 Å². The molecule has 0 radical (unpaired) electrons. The molecule has 3 aliphatic rings. The normalized spacial score (nSPS) is 45.5. The van der Waals surface area contributed by atoms with Crippen LogP contribution in [-0.4, -0.2) is 91.0 Å². The molecule has 0 aromatic carbocycles. The SMILES string of the molecule is CC1=C2C[C@](O)(C(C)(C)O)[C@@H](O[C@@H]3O[C@H](CO)[C@@H](O)[C@H](O)[C@H]3O)CC[C@@H]2[C@@H](C)C1=O. The molecule has 0 bridgehead atoms. The summed E-state index contributed by atoms with van der Waals surface area (Å²) in [5.74, 6) is -0.256. The van der Waals surface area contributed by atoms with Crippen molar-refractivity contribution in [1.82, 2.24) is 0 Å². The monoisotopic (exact) mass is 430 g/mol. The molecular formula is C21H34O9. The minimum Gasteiger partial charge on any atom is -0.394 e. The third kappa shape index (κ3) is 3.75. The Balaban J connectivity index is 1.92. The molecule has 1 heterocycles. The number of aliphatic hydroxyl groups is 6. The molecule has 172 valence electrons. The fraction of sp³-hybridized carbons (Fsp3) is 0.857. The smallest absolute Gasteiger partial charge is 0.187 e. The Morgan fingerprint density at radius 1 is 1.17 bits per heavy atom. The van der Waals surface area contributed by atoms with E-state index in [2.05, 4.69) is 0 Å². The number of hydrogen-bond donors (Lipinski definition) is 6. The van der Waals surface area contributed by atoms with Crippen molar-refractivity contribution in [3.05, 3.63) is 11.1 Å². The number of rotatable bonds is 4. The number of fused-ring (bicyclic) bond motifs is 1. The van der Waals surface area contributed by atoms with Crippen molar-refractivity contribution < 1.29 is 44.9 Å². The van der Waals surface area contributed by atoms with Crippen molar-refractivity contribution in [2.75, 3.05) is 6.61 Å². The first-order chi connectivity index (χ1) is 13.8. The van der Waals surface area contributed by atoms with E-state index >= 15 is 0 Å². The fourth-order valence-electron chi connectivity index (χ4n) is 5.06. The van der Waals surface area contributed by atoms with Gasteiger partial charge in [-0.15, -0.1) is 0 Å². The number of carbonyl (C=O) groups excluding carboxylic acids is 1. The van der Waals surface area contributed by atoms with Crippen molar-refractivity contribution >= 4 is 5.78 Å². The van der Waals surface area contributed by atoms with Crippen molar-refractivity contribution in [3.8, 4) is 0 Å². The minimum absolute atomic E-state index is 0.0190. The lowest BCUT2D eigenvalue weighted by Gasteiger charge is -2.47. The summed E-state index contributed by atoms with van der Waals surface area (Å²) < 4.78 is 11.4. The lowest BCUT2D eigenvalue weighted by molar-refractivity contribution is -0.332. The summed E-state index contributed by atoms with van der Waals surface area (Å²) in [6.45, 7) is 5.89. The van der Waals surface area contributed by atoms with Gasteiger partial charge in [-0.2, -0.15) is 0 Å². The van der Waals surface area contributed by atoms with Crippen LogP contribution in [0.25, 0.3) is 0 Å². The van der Waals surface area contributed by atoms with Crippen LogP contribution in [-0.2, 0) is 14.3 Å². The molecule has 0 amide bonds. The van der Waals surface area contributed by atoms with Gasteiger partial charge in [0.25, 0.3) is 0 Å². The standard InChI is InChI=1S/C21H34O9/c1-9-11-5-6-14(30-19-18(26)17(25)16(24)13(8-22)29-19)21(28,20(3,4)27)7-12(11)10(2)15(9)23/h9,11,13-14,16-19,22,24-28H,5-8H2,1-4H3/t9-,11-,13-,14+,16-,17+,18-,19+,21-/m1/s1. The molecule has 0 spiro atoms. The molecule has 1 saturated carbocycles. The van der Waals surface area contributed by atoms with Crippen LogP contribution >= 0.6 is 0 Å². The van der Waals surface area contributed by atoms with E-state index < -0.39 is 54.6 Å². The van der Waals surface area contributed by atoms with E-state index in [1.54, 1.807) is 6.92 Å². The quantitative estimate of drug-likeness (QED) is 0.329. The summed E-state index contributed by atoms with van der Waals surface area (Å²) in [6.07, 6.45) is -7.48. The third-order valence-electron chi connectivity index (χ3n) is 7.25. The highest BCUT2D eigenvalue weighted by atomic mass is 16.7. The van der Waals surface area contributed by atoms with Crippen molar-refractivity contribution in [1.29, 1.82) is 0 Å². The summed E-state index contributed by atoms with van der Waals surface area (Å²) in [6, 6.07) is 0. The lowest BCUT2D eigenvalue weighted by atomic mass is 9.76. The summed E-state index contributed by atoms with van der Waals surface area (Å²) in [7, 11) is 0. The molecule has 2 aliphatic carbocycles. The molecule has 3 rings (SSSR count). The minimum atomic E-state index is -1.80. The summed E-state index contributed by atoms with van der Waals surface area (Å²) in [5.41, 5.74) is -2.02. The first kappa shape index (κ1) is 23.7. The second kappa shape index (κ2) is 8.22. The van der Waals surface area contributed by atoms with Crippen LogP contribution in [0.5, 0.6) is 0 Å². The van der Waals surface area contributed by atoms with E-state index in [1.165, 1.54) is 13.8 Å². The van der Waals surface area contributed by atoms with Crippen LogP contribution in [0.3, 0.4) is 0 Å². The largest absolute Gasteiger partial charge is 0.394 e. The predicted octanol–water partition coefficient (Wildman–Crippen LogP) is -0.991. The van der Waals surface area contributed by atoms with E-state index in [-0.39, 0.29) is 30.5 Å². The third-order valence-corrected chi connectivity index (χ3v) is 7.25. The Kier molecular flexibility index (Phi) is 6.50. The van der Waals surface area contributed by atoms with Gasteiger partial charge in [0.2, 0.25) is 0 Å². The highest BCUT2D eigenvalue weighted by molar-refractivity contribution is 6.00. The molecule has 6 N–H and O–H groups in total. The van der Waals surface area contributed by atoms with Gasteiger partial charge in [0.1, 0.15) is 30.0 Å². The van der Waals surface area contributed by atoms with Crippen LogP contribution in [0.4, 0.5) is 0 Å². The summed E-state index contributed by atoms with van der Waals surface area (Å²) >= 11 is 0. The number of ether oxygens (including phenoxy) is 2. The molecule has 0 unspecified atom stereocenters. The summed E-state index contributed by atoms with van der Waals surface area (Å²) in [5, 5.41) is 62.2. The second-order valence-electron chi connectivity index (χ2n) is 9.47. The van der Waals surface area contributed by atoms with Crippen molar-refractivity contribution in [2.45, 2.75) is 95.0 Å².